The molecule has 0 radical (unpaired) electrons. The summed E-state index contributed by atoms with van der Waals surface area (Å²) >= 11 is 0. The average Bonchev–Trinajstić information content (AvgIpc) is 2.15. The van der Waals surface area contributed by atoms with E-state index >= 15 is 0 Å². The van der Waals surface area contributed by atoms with E-state index in [1.165, 1.54) is 0 Å². The molecule has 1 aromatic carbocycles. The minimum atomic E-state index is -1.36. The van der Waals surface area contributed by atoms with E-state index in [0.717, 1.165) is 0 Å². The van der Waals surface area contributed by atoms with E-state index < -0.39 is 18.1 Å². The molecule has 1 rings (SSSR count). The lowest BCUT2D eigenvalue weighted by Gasteiger charge is -2.11. The topological polar surface area (TPSA) is 86.6 Å². The fourth-order valence-corrected chi connectivity index (χ4v) is 1.06. The predicted molar refractivity (Wildman–Crippen MR) is 48.0 cm³/mol. The van der Waals surface area contributed by atoms with Gasteiger partial charge in [0.2, 0.25) is 0 Å². The van der Waals surface area contributed by atoms with Gasteiger partial charge in [-0.3, -0.25) is 0 Å². The number of carbonyl (C=O) groups is 2. The smallest absolute Gasteiger partial charge is 0.405 e. The molecule has 0 bridgehead atoms. The van der Waals surface area contributed by atoms with Crippen LogP contribution in [-0.2, 0) is 4.79 Å². The van der Waals surface area contributed by atoms with E-state index in [0.29, 0.717) is 5.56 Å². The number of hydrogen-bond donors (Lipinski definition) is 3. The molecule has 0 unspecified atom stereocenters. The highest BCUT2D eigenvalue weighted by atomic mass is 16.4. The predicted octanol–water partition coefficient (Wildman–Crippen LogP) is 1.08. The van der Waals surface area contributed by atoms with E-state index in [4.69, 9.17) is 10.2 Å². The van der Waals surface area contributed by atoms with Gasteiger partial charge in [0.25, 0.3) is 0 Å². The van der Waals surface area contributed by atoms with E-state index in [1.807, 2.05) is 5.32 Å². The van der Waals surface area contributed by atoms with Crippen LogP contribution in [-0.4, -0.2) is 22.3 Å². The summed E-state index contributed by atoms with van der Waals surface area (Å²) < 4.78 is 0. The minimum absolute atomic E-state index is 0.405. The molecule has 0 saturated carbocycles. The maximum atomic E-state index is 10.7. The fourth-order valence-electron chi connectivity index (χ4n) is 1.06. The lowest BCUT2D eigenvalue weighted by atomic mass is 10.1. The zero-order valence-electron chi connectivity index (χ0n) is 7.18. The largest absolute Gasteiger partial charge is 0.479 e. The van der Waals surface area contributed by atoms with Gasteiger partial charge in [0, 0.05) is 0 Å². The molecule has 0 aromatic heterocycles. The Labute approximate surface area is 80.0 Å². The summed E-state index contributed by atoms with van der Waals surface area (Å²) in [5.41, 5.74) is 0.405. The first kappa shape index (κ1) is 10.0. The second-order valence-electron chi connectivity index (χ2n) is 2.63. The molecule has 5 nitrogen and oxygen atoms in total. The van der Waals surface area contributed by atoms with Crippen molar-refractivity contribution >= 4 is 12.1 Å². The molecule has 14 heavy (non-hydrogen) atoms. The summed E-state index contributed by atoms with van der Waals surface area (Å²) in [6.07, 6.45) is -1.36. The molecule has 0 spiro atoms. The lowest BCUT2D eigenvalue weighted by Crippen LogP contribution is -2.32. The maximum Gasteiger partial charge on any atom is 0.405 e. The molecule has 0 aliphatic rings. The van der Waals surface area contributed by atoms with Crippen molar-refractivity contribution in [2.75, 3.05) is 0 Å². The number of nitrogens with one attached hydrogen (secondary N) is 1. The molecule has 0 aliphatic heterocycles. The fraction of sp³-hybridized carbons (Fsp3) is 0.111. The molecule has 0 heterocycles. The number of aliphatic carboxylic acids is 1. The SMILES string of the molecule is O=C(O)N[C@@H](C(=O)O)c1ccccc1. The molecule has 3 N–H and O–H groups in total. The Balaban J connectivity index is 2.89. The number of amides is 1. The standard InChI is InChI=1S/C9H9NO4/c11-8(12)7(10-9(13)14)6-4-2-1-3-5-6/h1-5,7,10H,(H,11,12)(H,13,14)/t7-/m1/s1. The van der Waals surface area contributed by atoms with Crippen LogP contribution in [0.4, 0.5) is 4.79 Å². The Morgan fingerprint density at radius 2 is 1.71 bits per heavy atom. The lowest BCUT2D eigenvalue weighted by molar-refractivity contribution is -0.139. The molecule has 1 atom stereocenters. The van der Waals surface area contributed by atoms with Crippen LogP contribution in [0.25, 0.3) is 0 Å². The van der Waals surface area contributed by atoms with Crippen LogP contribution in [0.1, 0.15) is 11.6 Å². The van der Waals surface area contributed by atoms with Crippen LogP contribution in [0, 0.1) is 0 Å². The number of benzene rings is 1. The zero-order valence-corrected chi connectivity index (χ0v) is 7.18. The normalized spacial score (nSPS) is 11.7. The van der Waals surface area contributed by atoms with Crippen molar-refractivity contribution in [1.82, 2.24) is 5.32 Å². The van der Waals surface area contributed by atoms with Gasteiger partial charge in [0.1, 0.15) is 0 Å². The van der Waals surface area contributed by atoms with Crippen molar-refractivity contribution in [2.24, 2.45) is 0 Å². The Bertz CT molecular complexity index is 336. The molecule has 1 amide bonds. The van der Waals surface area contributed by atoms with Gasteiger partial charge in [-0.1, -0.05) is 30.3 Å². The summed E-state index contributed by atoms with van der Waals surface area (Å²) in [4.78, 5) is 21.0. The molecule has 74 valence electrons. The van der Waals surface area contributed by atoms with Crippen LogP contribution in [0.2, 0.25) is 0 Å². The highest BCUT2D eigenvalue weighted by molar-refractivity contribution is 5.80. The number of hydrogen-bond acceptors (Lipinski definition) is 2. The van der Waals surface area contributed by atoms with Crippen LogP contribution in [0.3, 0.4) is 0 Å². The second kappa shape index (κ2) is 4.27. The number of rotatable bonds is 3. The van der Waals surface area contributed by atoms with E-state index in [1.54, 1.807) is 30.3 Å². The van der Waals surface area contributed by atoms with Gasteiger partial charge in [0.15, 0.2) is 6.04 Å². The third kappa shape index (κ3) is 2.48. The van der Waals surface area contributed by atoms with Gasteiger partial charge in [-0.2, -0.15) is 0 Å². The second-order valence-corrected chi connectivity index (χ2v) is 2.63. The van der Waals surface area contributed by atoms with Gasteiger partial charge >= 0.3 is 12.1 Å². The van der Waals surface area contributed by atoms with Crippen LogP contribution in [0.5, 0.6) is 0 Å². The summed E-state index contributed by atoms with van der Waals surface area (Å²) in [6, 6.07) is 6.91. The Kier molecular flexibility index (Phi) is 3.06. The molecule has 0 aliphatic carbocycles. The van der Waals surface area contributed by atoms with E-state index in [2.05, 4.69) is 0 Å². The first-order chi connectivity index (χ1) is 6.61. The maximum absolute atomic E-state index is 10.7. The molecule has 0 fully saturated rings. The van der Waals surface area contributed by atoms with Gasteiger partial charge < -0.3 is 15.5 Å². The van der Waals surface area contributed by atoms with Gasteiger partial charge in [0.05, 0.1) is 0 Å². The van der Waals surface area contributed by atoms with E-state index in [9.17, 15) is 9.59 Å². The summed E-state index contributed by atoms with van der Waals surface area (Å²) in [5, 5.41) is 19.1. The van der Waals surface area contributed by atoms with Crippen LogP contribution >= 0.6 is 0 Å². The Morgan fingerprint density at radius 3 is 2.14 bits per heavy atom. The molecular formula is C9H9NO4. The molecular weight excluding hydrogens is 186 g/mol. The summed E-state index contributed by atoms with van der Waals surface area (Å²) in [6.45, 7) is 0. The summed E-state index contributed by atoms with van der Waals surface area (Å²) in [7, 11) is 0. The van der Waals surface area contributed by atoms with Crippen molar-refractivity contribution < 1.29 is 19.8 Å². The van der Waals surface area contributed by atoms with Crippen molar-refractivity contribution in [3.05, 3.63) is 35.9 Å². The van der Waals surface area contributed by atoms with Crippen molar-refractivity contribution in [1.29, 1.82) is 0 Å². The third-order valence-corrected chi connectivity index (χ3v) is 1.65. The monoisotopic (exact) mass is 195 g/mol. The Morgan fingerprint density at radius 1 is 1.14 bits per heavy atom. The average molecular weight is 195 g/mol. The van der Waals surface area contributed by atoms with Crippen molar-refractivity contribution in [3.8, 4) is 0 Å². The summed E-state index contributed by atoms with van der Waals surface area (Å²) in [5.74, 6) is -1.22. The Hall–Kier alpha value is -2.04. The van der Waals surface area contributed by atoms with Gasteiger partial charge in [-0.15, -0.1) is 0 Å². The number of carboxylic acids is 1. The molecule has 0 saturated heterocycles. The highest BCUT2D eigenvalue weighted by Gasteiger charge is 2.20. The van der Waals surface area contributed by atoms with Crippen LogP contribution < -0.4 is 5.32 Å². The van der Waals surface area contributed by atoms with Crippen LogP contribution in [0.15, 0.2) is 30.3 Å². The molecule has 5 heteroatoms. The first-order valence-corrected chi connectivity index (χ1v) is 3.88. The van der Waals surface area contributed by atoms with Gasteiger partial charge in [-0.05, 0) is 5.56 Å². The highest BCUT2D eigenvalue weighted by Crippen LogP contribution is 2.12. The first-order valence-electron chi connectivity index (χ1n) is 3.88. The minimum Gasteiger partial charge on any atom is -0.479 e. The van der Waals surface area contributed by atoms with Crippen molar-refractivity contribution in [2.45, 2.75) is 6.04 Å². The van der Waals surface area contributed by atoms with E-state index in [-0.39, 0.29) is 0 Å². The third-order valence-electron chi connectivity index (χ3n) is 1.65. The zero-order chi connectivity index (χ0) is 10.6. The van der Waals surface area contributed by atoms with Crippen molar-refractivity contribution in [3.63, 3.8) is 0 Å². The number of carboxylic acid groups (broad SMARTS) is 2. The quantitative estimate of drug-likeness (QED) is 0.673. The van der Waals surface area contributed by atoms with Gasteiger partial charge in [-0.25, -0.2) is 9.59 Å². The molecule has 1 aromatic rings.